The summed E-state index contributed by atoms with van der Waals surface area (Å²) in [5, 5.41) is 29.6. The molecule has 0 aromatic heterocycles. The minimum atomic E-state index is -2.78. The molecule has 7 nitrogen and oxygen atoms in total. The number of aliphatic hydroxyl groups excluding tert-OH is 2. The van der Waals surface area contributed by atoms with Gasteiger partial charge >= 0.3 is 0 Å². The van der Waals surface area contributed by atoms with Gasteiger partial charge in [-0.1, -0.05) is 0 Å². The van der Waals surface area contributed by atoms with Gasteiger partial charge in [0.05, 0.1) is 6.26 Å². The van der Waals surface area contributed by atoms with Crippen LogP contribution in [0.1, 0.15) is 20.8 Å². The van der Waals surface area contributed by atoms with Crippen molar-refractivity contribution < 1.29 is 34.4 Å². The normalized spacial score (nSPS) is 35.4. The van der Waals surface area contributed by atoms with Gasteiger partial charge in [0.1, 0.15) is 12.2 Å². The van der Waals surface area contributed by atoms with Crippen molar-refractivity contribution in [2.75, 3.05) is 0 Å². The van der Waals surface area contributed by atoms with Crippen LogP contribution >= 0.6 is 0 Å². The van der Waals surface area contributed by atoms with Crippen molar-refractivity contribution >= 4 is 17.3 Å². The lowest BCUT2D eigenvalue weighted by Gasteiger charge is -2.46. The van der Waals surface area contributed by atoms with Crippen LogP contribution in [-0.2, 0) is 19.1 Å². The summed E-state index contributed by atoms with van der Waals surface area (Å²) in [6.45, 7) is 2.92. The Labute approximate surface area is 109 Å². The van der Waals surface area contributed by atoms with Crippen molar-refractivity contribution in [3.63, 3.8) is 0 Å². The summed E-state index contributed by atoms with van der Waals surface area (Å²) < 4.78 is 4.93. The molecule has 0 amide bonds. The quantitative estimate of drug-likeness (QED) is 0.532. The van der Waals surface area contributed by atoms with Gasteiger partial charge in [0.15, 0.2) is 11.6 Å². The number of Topliss-reactive ketones (excluding diaryl/α,β-unsaturated/α-hetero) is 3. The summed E-state index contributed by atoms with van der Waals surface area (Å²) in [5.41, 5.74) is -5.43. The number of carbonyl (C=O) groups excluding carboxylic acids is 3. The SMILES string of the molecule is CC(=O)[C@]1(C(=O)C(C)O)OC=C[C@@H](O)[C@@]1(O)C(C)=O. The molecule has 0 spiro atoms. The number of ether oxygens (including phenoxy) is 1. The zero-order valence-corrected chi connectivity index (χ0v) is 10.8. The van der Waals surface area contributed by atoms with E-state index in [4.69, 9.17) is 4.74 Å². The highest BCUT2D eigenvalue weighted by molar-refractivity contribution is 6.17. The standard InChI is InChI=1S/C12H16O7/c1-6(13)10(17)12(8(3)15)11(18,7(2)14)9(16)4-5-19-12/h4-6,9,13,16,18H,1-3H3/t6?,9-,11+,12-/m1/s1. The maximum atomic E-state index is 12.1. The zero-order valence-electron chi connectivity index (χ0n) is 10.8. The van der Waals surface area contributed by atoms with Crippen molar-refractivity contribution in [1.29, 1.82) is 0 Å². The Morgan fingerprint density at radius 1 is 1.26 bits per heavy atom. The van der Waals surface area contributed by atoms with E-state index in [2.05, 4.69) is 0 Å². The molecule has 1 heterocycles. The van der Waals surface area contributed by atoms with Gasteiger partial charge in [-0.2, -0.15) is 0 Å². The Morgan fingerprint density at radius 3 is 2.16 bits per heavy atom. The molecular weight excluding hydrogens is 256 g/mol. The summed E-state index contributed by atoms with van der Waals surface area (Å²) >= 11 is 0. The van der Waals surface area contributed by atoms with Gasteiger partial charge in [-0.25, -0.2) is 0 Å². The van der Waals surface area contributed by atoms with Crippen LogP contribution in [0.4, 0.5) is 0 Å². The second kappa shape index (κ2) is 4.84. The molecule has 1 rings (SSSR count). The van der Waals surface area contributed by atoms with Gasteiger partial charge < -0.3 is 20.1 Å². The summed E-state index contributed by atoms with van der Waals surface area (Å²) in [6, 6.07) is 0. The molecular formula is C12H16O7. The van der Waals surface area contributed by atoms with Gasteiger partial charge in [-0.05, 0) is 26.8 Å². The topological polar surface area (TPSA) is 121 Å². The Morgan fingerprint density at radius 2 is 1.79 bits per heavy atom. The molecule has 7 heteroatoms. The second-order valence-corrected chi connectivity index (χ2v) is 4.49. The Balaban J connectivity index is 3.61. The van der Waals surface area contributed by atoms with E-state index in [-0.39, 0.29) is 0 Å². The van der Waals surface area contributed by atoms with Gasteiger partial charge in [0.2, 0.25) is 11.4 Å². The number of hydrogen-bond acceptors (Lipinski definition) is 7. The number of ketones is 3. The van der Waals surface area contributed by atoms with E-state index in [1.807, 2.05) is 0 Å². The molecule has 0 fully saturated rings. The van der Waals surface area contributed by atoms with Crippen LogP contribution in [0.2, 0.25) is 0 Å². The number of rotatable bonds is 4. The summed E-state index contributed by atoms with van der Waals surface area (Å²) in [6.07, 6.45) is -1.67. The molecule has 1 unspecified atom stereocenters. The van der Waals surface area contributed by atoms with Crippen LogP contribution in [0.15, 0.2) is 12.3 Å². The van der Waals surface area contributed by atoms with Crippen LogP contribution in [0.5, 0.6) is 0 Å². The predicted octanol–water partition coefficient (Wildman–Crippen LogP) is -1.51. The molecule has 1 aliphatic rings. The molecule has 19 heavy (non-hydrogen) atoms. The first-order valence-corrected chi connectivity index (χ1v) is 5.61. The van der Waals surface area contributed by atoms with Gasteiger partial charge in [-0.3, -0.25) is 14.4 Å². The largest absolute Gasteiger partial charge is 0.476 e. The Kier molecular flexibility index (Phi) is 3.94. The molecule has 1 aliphatic heterocycles. The van der Waals surface area contributed by atoms with Crippen molar-refractivity contribution in [3.05, 3.63) is 12.3 Å². The molecule has 0 radical (unpaired) electrons. The highest BCUT2D eigenvalue weighted by atomic mass is 16.5. The summed E-state index contributed by atoms with van der Waals surface area (Å²) in [7, 11) is 0. The van der Waals surface area contributed by atoms with Crippen LogP contribution in [-0.4, -0.2) is 56.1 Å². The van der Waals surface area contributed by atoms with Crippen LogP contribution in [0.25, 0.3) is 0 Å². The molecule has 0 bridgehead atoms. The molecule has 0 saturated heterocycles. The third kappa shape index (κ3) is 1.90. The van der Waals surface area contributed by atoms with E-state index in [0.717, 1.165) is 33.1 Å². The second-order valence-electron chi connectivity index (χ2n) is 4.49. The van der Waals surface area contributed by atoms with Crippen LogP contribution in [0.3, 0.4) is 0 Å². The minimum absolute atomic E-state index is 0.851. The fraction of sp³-hybridized carbons (Fsp3) is 0.583. The molecule has 3 N–H and O–H groups in total. The van der Waals surface area contributed by atoms with Crippen LogP contribution < -0.4 is 0 Å². The van der Waals surface area contributed by atoms with E-state index < -0.39 is 40.8 Å². The zero-order chi connectivity index (χ0) is 15.0. The molecule has 0 aromatic rings. The monoisotopic (exact) mass is 272 g/mol. The Bertz CT molecular complexity index is 453. The van der Waals surface area contributed by atoms with E-state index in [0.29, 0.717) is 0 Å². The highest BCUT2D eigenvalue weighted by Gasteiger charge is 2.68. The van der Waals surface area contributed by atoms with E-state index in [9.17, 15) is 29.7 Å². The first-order chi connectivity index (χ1) is 8.62. The number of aliphatic hydroxyl groups is 3. The number of carbonyl (C=O) groups is 3. The van der Waals surface area contributed by atoms with E-state index in [1.54, 1.807) is 0 Å². The average Bonchev–Trinajstić information content (AvgIpc) is 2.31. The summed E-state index contributed by atoms with van der Waals surface area (Å²) in [5.74, 6) is -3.20. The van der Waals surface area contributed by atoms with Gasteiger partial charge in [0, 0.05) is 0 Å². The molecule has 0 aliphatic carbocycles. The lowest BCUT2D eigenvalue weighted by Crippen LogP contribution is -2.74. The fourth-order valence-corrected chi connectivity index (χ4v) is 2.17. The van der Waals surface area contributed by atoms with E-state index in [1.165, 1.54) is 0 Å². The van der Waals surface area contributed by atoms with Crippen molar-refractivity contribution in [1.82, 2.24) is 0 Å². The molecule has 0 aromatic carbocycles. The lowest BCUT2D eigenvalue weighted by atomic mass is 9.69. The van der Waals surface area contributed by atoms with Gasteiger partial charge in [-0.15, -0.1) is 0 Å². The van der Waals surface area contributed by atoms with Crippen molar-refractivity contribution in [2.45, 2.75) is 44.2 Å². The predicted molar refractivity (Wildman–Crippen MR) is 62.0 cm³/mol. The van der Waals surface area contributed by atoms with Gasteiger partial charge in [0.25, 0.3) is 5.60 Å². The first-order valence-electron chi connectivity index (χ1n) is 5.61. The lowest BCUT2D eigenvalue weighted by molar-refractivity contribution is -0.209. The average molecular weight is 272 g/mol. The van der Waals surface area contributed by atoms with Crippen LogP contribution in [0, 0.1) is 0 Å². The smallest absolute Gasteiger partial charge is 0.264 e. The third-order valence-corrected chi connectivity index (χ3v) is 3.23. The summed E-state index contributed by atoms with van der Waals surface area (Å²) in [4.78, 5) is 35.6. The van der Waals surface area contributed by atoms with E-state index >= 15 is 0 Å². The first kappa shape index (κ1) is 15.5. The third-order valence-electron chi connectivity index (χ3n) is 3.23. The Hall–Kier alpha value is -1.57. The number of hydrogen-bond donors (Lipinski definition) is 3. The molecule has 4 atom stereocenters. The maximum absolute atomic E-state index is 12.1. The van der Waals surface area contributed by atoms with Crippen molar-refractivity contribution in [3.8, 4) is 0 Å². The highest BCUT2D eigenvalue weighted by Crippen LogP contribution is 2.37. The molecule has 106 valence electrons. The molecule has 0 saturated carbocycles. The minimum Gasteiger partial charge on any atom is -0.476 e. The maximum Gasteiger partial charge on any atom is 0.264 e. The van der Waals surface area contributed by atoms with Crippen molar-refractivity contribution in [2.24, 2.45) is 0 Å². The fourth-order valence-electron chi connectivity index (χ4n) is 2.17.